The van der Waals surface area contributed by atoms with Gasteiger partial charge in [0.2, 0.25) is 6.71 Å². The lowest BCUT2D eigenvalue weighted by atomic mass is 9.37. The van der Waals surface area contributed by atoms with Crippen molar-refractivity contribution < 1.29 is 0 Å². The third kappa shape index (κ3) is 7.04. The summed E-state index contributed by atoms with van der Waals surface area (Å²) in [5.74, 6) is 0. The molecule has 0 bridgehead atoms. The van der Waals surface area contributed by atoms with Crippen LogP contribution in [0.25, 0.3) is 0 Å². The van der Waals surface area contributed by atoms with Crippen molar-refractivity contribution >= 4 is 37.8 Å². The van der Waals surface area contributed by atoms with Gasteiger partial charge in [0.25, 0.3) is 0 Å². The van der Waals surface area contributed by atoms with Crippen LogP contribution in [0.3, 0.4) is 0 Å². The number of imidazole rings is 1. The molecule has 0 fully saturated rings. The highest BCUT2D eigenvalue weighted by atomic mass is 28.2. The third-order valence-corrected chi connectivity index (χ3v) is 11.2. The zero-order valence-electron chi connectivity index (χ0n) is 26.6. The Morgan fingerprint density at radius 1 is 0.522 bits per heavy atom. The van der Waals surface area contributed by atoms with Crippen LogP contribution < -0.4 is 21.6 Å². The van der Waals surface area contributed by atoms with Crippen LogP contribution in [0.2, 0.25) is 0 Å². The van der Waals surface area contributed by atoms with Gasteiger partial charge in [-0.1, -0.05) is 203 Å². The molecule has 224 valence electrons. The van der Waals surface area contributed by atoms with Gasteiger partial charge in [-0.05, 0) is 25.0 Å². The van der Waals surface area contributed by atoms with E-state index in [2.05, 4.69) is 199 Å². The summed E-state index contributed by atoms with van der Waals surface area (Å²) >= 11 is 0. The second-order valence-corrected chi connectivity index (χ2v) is 14.1. The summed E-state index contributed by atoms with van der Waals surface area (Å²) in [6, 6.07) is 60.8. The molecule has 0 saturated carbocycles. The lowest BCUT2D eigenvalue weighted by Gasteiger charge is -2.37. The highest BCUT2D eigenvalue weighted by Gasteiger charge is 2.37. The minimum Gasteiger partial charge on any atom is -0.326 e. The molecule has 0 aliphatic carbocycles. The van der Waals surface area contributed by atoms with Crippen LogP contribution in [-0.4, -0.2) is 25.8 Å². The number of rotatable bonds is 8. The molecule has 0 radical (unpaired) electrons. The molecule has 1 aromatic heterocycles. The monoisotopic (exact) mass is 610 g/mol. The second-order valence-electron chi connectivity index (χ2n) is 11.9. The summed E-state index contributed by atoms with van der Waals surface area (Å²) in [7, 11) is -0.779. The van der Waals surface area contributed by atoms with Gasteiger partial charge in [0, 0.05) is 12.4 Å². The van der Waals surface area contributed by atoms with Gasteiger partial charge in [0.1, 0.15) is 0 Å². The minimum absolute atomic E-state index is 0.212. The van der Waals surface area contributed by atoms with Gasteiger partial charge >= 0.3 is 0 Å². The molecular formula is C42H39BN2Si. The number of benzene rings is 6. The van der Waals surface area contributed by atoms with Crippen LogP contribution in [0.4, 0.5) is 0 Å². The molecule has 0 atom stereocenters. The number of aryl methyl sites for hydroxylation is 2. The standard InChI is InChI=1S/C24H24N2Si.C18H15B/c1-19-8-6-10-21(16-19)24(26-15-14-25-18-26,22-11-7-9-20(2)17-22)27-23-12-4-3-5-13-23;1-4-10-16(11-5-1)19(17-12-6-2-7-13-17)18-14-8-3-9-15-18/h3-18H,27H2,1-2H3;1-15H. The Kier molecular flexibility index (Phi) is 9.87. The van der Waals surface area contributed by atoms with Crippen molar-refractivity contribution in [1.29, 1.82) is 0 Å². The number of hydrogen-bond acceptors (Lipinski definition) is 1. The normalized spacial score (nSPS) is 11.2. The van der Waals surface area contributed by atoms with E-state index in [1.807, 2.05) is 12.5 Å². The lowest BCUT2D eigenvalue weighted by Crippen LogP contribution is -2.51. The maximum atomic E-state index is 4.41. The van der Waals surface area contributed by atoms with Crippen molar-refractivity contribution in [3.63, 3.8) is 0 Å². The van der Waals surface area contributed by atoms with E-state index in [-0.39, 0.29) is 5.16 Å². The van der Waals surface area contributed by atoms with Crippen molar-refractivity contribution in [3.8, 4) is 0 Å². The van der Waals surface area contributed by atoms with Gasteiger partial charge in [-0.2, -0.15) is 0 Å². The highest BCUT2D eigenvalue weighted by Crippen LogP contribution is 2.34. The van der Waals surface area contributed by atoms with Gasteiger partial charge in [-0.25, -0.2) is 4.98 Å². The summed E-state index contributed by atoms with van der Waals surface area (Å²) < 4.78 is 2.32. The van der Waals surface area contributed by atoms with Crippen molar-refractivity contribution in [2.24, 2.45) is 0 Å². The first-order valence-electron chi connectivity index (χ1n) is 15.9. The van der Waals surface area contributed by atoms with Crippen LogP contribution in [0.15, 0.2) is 189 Å². The van der Waals surface area contributed by atoms with Crippen molar-refractivity contribution in [2.75, 3.05) is 0 Å². The van der Waals surface area contributed by atoms with Crippen LogP contribution in [-0.2, 0) is 5.16 Å². The Labute approximate surface area is 276 Å². The predicted octanol–water partition coefficient (Wildman–Crippen LogP) is 5.95. The number of aromatic nitrogens is 2. The van der Waals surface area contributed by atoms with Crippen molar-refractivity contribution in [2.45, 2.75) is 19.0 Å². The molecule has 7 rings (SSSR count). The van der Waals surface area contributed by atoms with Crippen molar-refractivity contribution in [3.05, 3.63) is 211 Å². The fourth-order valence-electron chi connectivity index (χ4n) is 6.45. The first kappa shape index (κ1) is 30.8. The van der Waals surface area contributed by atoms with Crippen LogP contribution >= 0.6 is 0 Å². The molecule has 0 unspecified atom stereocenters. The zero-order valence-corrected chi connectivity index (χ0v) is 28.0. The zero-order chi connectivity index (χ0) is 31.6. The first-order chi connectivity index (χ1) is 22.6. The fourth-order valence-corrected chi connectivity index (χ4v) is 8.77. The van der Waals surface area contributed by atoms with Crippen LogP contribution in [0.1, 0.15) is 22.3 Å². The molecule has 0 aliphatic heterocycles. The SMILES string of the molecule is Cc1cccc(C([SiH2]c2ccccc2)(c2cccc(C)c2)n2ccnc2)c1.c1ccc(B(c2ccccc2)c2ccccc2)cc1. The van der Waals surface area contributed by atoms with E-state index in [4.69, 9.17) is 0 Å². The van der Waals surface area contributed by atoms with E-state index < -0.39 is 9.52 Å². The van der Waals surface area contributed by atoms with Crippen LogP contribution in [0, 0.1) is 13.8 Å². The molecule has 0 spiro atoms. The van der Waals surface area contributed by atoms with E-state index in [0.29, 0.717) is 6.71 Å². The maximum Gasteiger partial charge on any atom is 0.241 e. The molecule has 0 amide bonds. The lowest BCUT2D eigenvalue weighted by molar-refractivity contribution is 0.596. The molecule has 46 heavy (non-hydrogen) atoms. The summed E-state index contributed by atoms with van der Waals surface area (Å²) in [4.78, 5) is 4.41. The van der Waals surface area contributed by atoms with Gasteiger partial charge in [-0.15, -0.1) is 0 Å². The van der Waals surface area contributed by atoms with Crippen molar-refractivity contribution in [1.82, 2.24) is 9.55 Å². The maximum absolute atomic E-state index is 4.41. The molecule has 0 saturated heterocycles. The van der Waals surface area contributed by atoms with Gasteiger partial charge in [0.15, 0.2) is 0 Å². The average Bonchev–Trinajstić information content (AvgIpc) is 3.65. The Hall–Kier alpha value is -5.19. The molecule has 4 heteroatoms. The van der Waals surface area contributed by atoms with E-state index in [1.165, 1.54) is 43.8 Å². The Balaban J connectivity index is 0.000000172. The van der Waals surface area contributed by atoms with E-state index >= 15 is 0 Å². The average molecular weight is 611 g/mol. The second kappa shape index (κ2) is 14.7. The molecular weight excluding hydrogens is 571 g/mol. The summed E-state index contributed by atoms with van der Waals surface area (Å²) in [6.45, 7) is 4.65. The molecule has 0 N–H and O–H groups in total. The van der Waals surface area contributed by atoms with Crippen LogP contribution in [0.5, 0.6) is 0 Å². The first-order valence-corrected chi connectivity index (χ1v) is 17.4. The highest BCUT2D eigenvalue weighted by molar-refractivity contribution is 6.95. The summed E-state index contributed by atoms with van der Waals surface area (Å²) in [5, 5.41) is 1.23. The molecule has 2 nitrogen and oxygen atoms in total. The van der Waals surface area contributed by atoms with E-state index in [0.717, 1.165) is 0 Å². The molecule has 0 aliphatic rings. The number of hydrogen-bond donors (Lipinski definition) is 0. The smallest absolute Gasteiger partial charge is 0.241 e. The molecule has 7 aromatic rings. The third-order valence-electron chi connectivity index (χ3n) is 8.64. The Morgan fingerprint density at radius 2 is 0.957 bits per heavy atom. The van der Waals surface area contributed by atoms with Gasteiger partial charge in [-0.3, -0.25) is 0 Å². The molecule has 6 aromatic carbocycles. The topological polar surface area (TPSA) is 17.8 Å². The van der Waals surface area contributed by atoms with E-state index in [9.17, 15) is 0 Å². The largest absolute Gasteiger partial charge is 0.326 e. The summed E-state index contributed by atoms with van der Waals surface area (Å²) in [5.41, 5.74) is 9.24. The van der Waals surface area contributed by atoms with Gasteiger partial charge < -0.3 is 4.57 Å². The van der Waals surface area contributed by atoms with Gasteiger partial charge in [0.05, 0.1) is 21.0 Å². The Morgan fingerprint density at radius 3 is 1.35 bits per heavy atom. The molecule has 1 heterocycles. The number of nitrogens with zero attached hydrogens (tertiary/aromatic N) is 2. The minimum atomic E-state index is -0.779. The fraction of sp³-hybridized carbons (Fsp3) is 0.0714. The summed E-state index contributed by atoms with van der Waals surface area (Å²) in [6.07, 6.45) is 5.97. The predicted molar refractivity (Wildman–Crippen MR) is 199 cm³/mol. The Bertz CT molecular complexity index is 1790. The van der Waals surface area contributed by atoms with E-state index in [1.54, 1.807) is 0 Å². The quantitative estimate of drug-likeness (QED) is 0.195.